The zero-order valence-electron chi connectivity index (χ0n) is 13.2. The largest absolute Gasteiger partial charge is 0.464 e. The van der Waals surface area contributed by atoms with Crippen LogP contribution in [0.3, 0.4) is 0 Å². The number of hydrogen-bond donors (Lipinski definition) is 1. The van der Waals surface area contributed by atoms with E-state index in [1.807, 2.05) is 26.8 Å². The molecule has 1 saturated carbocycles. The second-order valence-corrected chi connectivity index (χ2v) is 6.46. The summed E-state index contributed by atoms with van der Waals surface area (Å²) in [4.78, 5) is 23.2. The molecule has 0 saturated heterocycles. The SMILES string of the molecule is Cc1cc(C)c(NC(=O)C2=CC3CC(OC=O)C2C3)c(C)c1. The molecule has 2 bridgehead atoms. The van der Waals surface area contributed by atoms with Gasteiger partial charge in [0, 0.05) is 17.2 Å². The number of rotatable bonds is 4. The van der Waals surface area contributed by atoms with Crippen LogP contribution in [0.2, 0.25) is 0 Å². The van der Waals surface area contributed by atoms with Crippen LogP contribution < -0.4 is 5.32 Å². The highest BCUT2D eigenvalue weighted by molar-refractivity contribution is 6.05. The third-order valence-electron chi connectivity index (χ3n) is 4.76. The van der Waals surface area contributed by atoms with E-state index < -0.39 is 0 Å². The Balaban J connectivity index is 1.79. The first-order valence-corrected chi connectivity index (χ1v) is 7.69. The Bertz CT molecular complexity index is 639. The van der Waals surface area contributed by atoms with E-state index in [0.29, 0.717) is 12.4 Å². The summed E-state index contributed by atoms with van der Waals surface area (Å²) in [5.74, 6) is 0.332. The standard InChI is InChI=1S/C18H21NO3/c1-10-4-11(2)17(12(3)5-10)19-18(21)15-7-13-6-14(15)16(8-13)22-9-20/h4-5,7,9,13-14,16H,6,8H2,1-3H3,(H,19,21). The van der Waals surface area contributed by atoms with Gasteiger partial charge in [0.15, 0.2) is 0 Å². The lowest BCUT2D eigenvalue weighted by molar-refractivity contribution is -0.135. The molecule has 0 radical (unpaired) electrons. The lowest BCUT2D eigenvalue weighted by Crippen LogP contribution is -2.28. The number of amides is 1. The van der Waals surface area contributed by atoms with E-state index in [2.05, 4.69) is 17.4 Å². The van der Waals surface area contributed by atoms with Gasteiger partial charge in [-0.25, -0.2) is 0 Å². The van der Waals surface area contributed by atoms with Crippen molar-refractivity contribution in [2.75, 3.05) is 5.32 Å². The van der Waals surface area contributed by atoms with Gasteiger partial charge in [-0.1, -0.05) is 23.8 Å². The van der Waals surface area contributed by atoms with E-state index >= 15 is 0 Å². The van der Waals surface area contributed by atoms with Crippen molar-refractivity contribution in [2.45, 2.75) is 39.7 Å². The van der Waals surface area contributed by atoms with Crippen LogP contribution in [-0.4, -0.2) is 18.5 Å². The topological polar surface area (TPSA) is 55.4 Å². The molecule has 0 aromatic heterocycles. The summed E-state index contributed by atoms with van der Waals surface area (Å²) in [6, 6.07) is 4.13. The number of carbonyl (C=O) groups excluding carboxylic acids is 2. The van der Waals surface area contributed by atoms with Crippen molar-refractivity contribution in [3.05, 3.63) is 40.5 Å². The lowest BCUT2D eigenvalue weighted by Gasteiger charge is -2.22. The van der Waals surface area contributed by atoms with Gasteiger partial charge >= 0.3 is 0 Å². The molecule has 2 aliphatic carbocycles. The van der Waals surface area contributed by atoms with E-state index in [-0.39, 0.29) is 17.9 Å². The van der Waals surface area contributed by atoms with Gasteiger partial charge < -0.3 is 10.1 Å². The quantitative estimate of drug-likeness (QED) is 0.869. The van der Waals surface area contributed by atoms with Gasteiger partial charge in [0.05, 0.1) is 0 Å². The van der Waals surface area contributed by atoms with Crippen molar-refractivity contribution in [3.63, 3.8) is 0 Å². The van der Waals surface area contributed by atoms with Crippen LogP contribution in [0.4, 0.5) is 5.69 Å². The monoisotopic (exact) mass is 299 g/mol. The molecule has 4 nitrogen and oxygen atoms in total. The number of benzene rings is 1. The predicted octanol–water partition coefficient (Wildman–Crippen LogP) is 3.06. The summed E-state index contributed by atoms with van der Waals surface area (Å²) < 4.78 is 5.13. The first kappa shape index (κ1) is 14.8. The lowest BCUT2D eigenvalue weighted by atomic mass is 9.94. The van der Waals surface area contributed by atoms with Gasteiger partial charge in [-0.2, -0.15) is 0 Å². The van der Waals surface area contributed by atoms with Crippen LogP contribution in [0.1, 0.15) is 29.5 Å². The second-order valence-electron chi connectivity index (χ2n) is 6.46. The molecular weight excluding hydrogens is 278 g/mol. The number of nitrogens with one attached hydrogen (secondary N) is 1. The summed E-state index contributed by atoms with van der Waals surface area (Å²) in [7, 11) is 0. The summed E-state index contributed by atoms with van der Waals surface area (Å²) in [5, 5.41) is 3.04. The first-order chi connectivity index (χ1) is 10.5. The Kier molecular flexibility index (Phi) is 3.77. The fourth-order valence-corrected chi connectivity index (χ4v) is 3.91. The maximum Gasteiger partial charge on any atom is 0.293 e. The Hall–Kier alpha value is -2.10. The minimum Gasteiger partial charge on any atom is -0.464 e. The molecule has 3 rings (SSSR count). The molecule has 1 aromatic rings. The molecular formula is C18H21NO3. The van der Waals surface area contributed by atoms with Crippen LogP contribution >= 0.6 is 0 Å². The number of aryl methyl sites for hydroxylation is 3. The Morgan fingerprint density at radius 2 is 1.91 bits per heavy atom. The molecule has 1 aromatic carbocycles. The number of carbonyl (C=O) groups is 2. The van der Waals surface area contributed by atoms with Gasteiger partial charge in [0.25, 0.3) is 12.4 Å². The highest BCUT2D eigenvalue weighted by Gasteiger charge is 2.44. The minimum atomic E-state index is -0.145. The molecule has 2 aliphatic rings. The summed E-state index contributed by atoms with van der Waals surface area (Å²) >= 11 is 0. The Morgan fingerprint density at radius 1 is 1.23 bits per heavy atom. The highest BCUT2D eigenvalue weighted by atomic mass is 16.5. The van der Waals surface area contributed by atoms with Crippen molar-refractivity contribution in [2.24, 2.45) is 11.8 Å². The number of allylic oxidation sites excluding steroid dienone is 1. The zero-order valence-corrected chi connectivity index (χ0v) is 13.2. The first-order valence-electron chi connectivity index (χ1n) is 7.69. The average molecular weight is 299 g/mol. The highest BCUT2D eigenvalue weighted by Crippen LogP contribution is 2.45. The summed E-state index contributed by atoms with van der Waals surface area (Å²) in [5.41, 5.74) is 4.96. The zero-order chi connectivity index (χ0) is 15.9. The molecule has 116 valence electrons. The van der Waals surface area contributed by atoms with E-state index in [0.717, 1.165) is 35.2 Å². The minimum absolute atomic E-state index is 0.0428. The van der Waals surface area contributed by atoms with Crippen molar-refractivity contribution in [3.8, 4) is 0 Å². The average Bonchev–Trinajstić information content (AvgIpc) is 3.02. The van der Waals surface area contributed by atoms with Gasteiger partial charge in [-0.3, -0.25) is 9.59 Å². The van der Waals surface area contributed by atoms with Gasteiger partial charge in [0.1, 0.15) is 6.10 Å². The molecule has 0 aliphatic heterocycles. The second kappa shape index (κ2) is 5.59. The maximum absolute atomic E-state index is 12.6. The van der Waals surface area contributed by atoms with E-state index in [9.17, 15) is 9.59 Å². The summed E-state index contributed by atoms with van der Waals surface area (Å²) in [6.45, 7) is 6.55. The van der Waals surface area contributed by atoms with Crippen molar-refractivity contribution < 1.29 is 14.3 Å². The van der Waals surface area contributed by atoms with Crippen LogP contribution in [0.5, 0.6) is 0 Å². The van der Waals surface area contributed by atoms with Crippen LogP contribution in [0.15, 0.2) is 23.8 Å². The van der Waals surface area contributed by atoms with Crippen molar-refractivity contribution in [1.82, 2.24) is 0 Å². The Morgan fingerprint density at radius 3 is 2.50 bits per heavy atom. The van der Waals surface area contributed by atoms with Crippen LogP contribution in [-0.2, 0) is 14.3 Å². The fraction of sp³-hybridized carbons (Fsp3) is 0.444. The number of hydrogen-bond acceptors (Lipinski definition) is 3. The maximum atomic E-state index is 12.6. The van der Waals surface area contributed by atoms with Crippen molar-refractivity contribution in [1.29, 1.82) is 0 Å². The number of fused-ring (bicyclic) bond motifs is 2. The third kappa shape index (κ3) is 2.54. The normalized spacial score (nSPS) is 25.8. The molecule has 22 heavy (non-hydrogen) atoms. The fourth-order valence-electron chi connectivity index (χ4n) is 3.91. The number of anilines is 1. The number of ether oxygens (including phenoxy) is 1. The smallest absolute Gasteiger partial charge is 0.293 e. The van der Waals surface area contributed by atoms with Gasteiger partial charge in [-0.05, 0) is 50.7 Å². The van der Waals surface area contributed by atoms with Gasteiger partial charge in [0.2, 0.25) is 0 Å². The molecule has 0 spiro atoms. The molecule has 1 fully saturated rings. The van der Waals surface area contributed by atoms with Gasteiger partial charge in [-0.15, -0.1) is 0 Å². The van der Waals surface area contributed by atoms with E-state index in [4.69, 9.17) is 4.74 Å². The molecule has 1 amide bonds. The molecule has 3 unspecified atom stereocenters. The van der Waals surface area contributed by atoms with E-state index in [1.54, 1.807) is 0 Å². The molecule has 0 heterocycles. The predicted molar refractivity (Wildman–Crippen MR) is 84.5 cm³/mol. The van der Waals surface area contributed by atoms with Crippen LogP contribution in [0, 0.1) is 32.6 Å². The Labute approximate surface area is 130 Å². The van der Waals surface area contributed by atoms with Crippen molar-refractivity contribution >= 4 is 18.1 Å². The van der Waals surface area contributed by atoms with E-state index in [1.165, 1.54) is 5.56 Å². The summed E-state index contributed by atoms with van der Waals surface area (Å²) in [6.07, 6.45) is 3.65. The molecule has 4 heteroatoms. The van der Waals surface area contributed by atoms with Crippen LogP contribution in [0.25, 0.3) is 0 Å². The molecule has 3 atom stereocenters. The third-order valence-corrected chi connectivity index (χ3v) is 4.76. The molecule has 1 N–H and O–H groups in total.